The molecule has 3 aromatic carbocycles. The molecule has 2 aliphatic heterocycles. The molecule has 2 saturated heterocycles. The van der Waals surface area contributed by atoms with E-state index < -0.39 is 155 Å². The number of imidazole rings is 2. The Morgan fingerprint density at radius 3 is 2.16 bits per heavy atom. The number of ketones is 1. The quantitative estimate of drug-likeness (QED) is 0.0103. The molecule has 0 unspecified atom stereocenters. The lowest BCUT2D eigenvalue weighted by Crippen LogP contribution is -2.81. The van der Waals surface area contributed by atoms with Gasteiger partial charge in [-0.25, -0.2) is 44.1 Å². The van der Waals surface area contributed by atoms with Crippen LogP contribution in [0.25, 0.3) is 22.3 Å². The standard InChI is InChI=1S/C43H53NO14.C14H19Cl2NO2.C9H11F2N3O4.C5H5N5S.C5H4N4S/c1-22-26(55-37(51)32(48)30(24-15-11-9-12-16-24)44-38(52)58-39(3,4)5)20-43(53)35(56-36(50)25-17-13-10-14-18-25)33-41(8,34(49)31(47)29(22)40(43,6)7)27(46)19-28-42(33,21-54-28)57-23(2)45;15-8-10-17(11-9-16)13-6-4-12(5-7-13)2-1-3-14(18)19;10-9(11)6(16)4(3-15)18-7(9)14-2-1-5(12)13-8(14)17;6-5-9-3-2(4(11)10-5)7-1-8-3;10-9-3-8-4-1-6-2-7-5(4)9/h9-18,26-28,30-33,35,46-48,53H,19-21H2,1-8H3,(H,44,52);4-7H,1-3,8-11H2,(H,18,19);1-2,4,6-7,15-16H,3H2,(H2,12,13,17);1H,(H4,6,7,8,9,10,11);1-3,10H/t26-,27-,28+,30-,31+,32+,33-,35-,41+,42-,43+;;4-,6-,7-;;/m0.1../s1. The Kier molecular flexibility index (Phi) is 29.3. The smallest absolute Gasteiger partial charge is 0.408 e. The second-order valence-corrected chi connectivity index (χ2v) is 31.2. The van der Waals surface area contributed by atoms with Gasteiger partial charge in [-0.15, -0.1) is 23.2 Å². The summed E-state index contributed by atoms with van der Waals surface area (Å²) in [5, 5.41) is 78.3. The monoisotopic (exact) mass is 1690 g/mol. The van der Waals surface area contributed by atoms with E-state index in [0.717, 1.165) is 61.1 Å². The number of carboxylic acid groups (broad SMARTS) is 1. The zero-order valence-electron chi connectivity index (χ0n) is 64.2. The minimum atomic E-state index is -3.71. The number of halogens is 4. The zero-order chi connectivity index (χ0) is 85.2. The number of carbonyl (C=O) groups is 6. The summed E-state index contributed by atoms with van der Waals surface area (Å²) in [6.45, 7) is 12.5. The van der Waals surface area contributed by atoms with Crippen LogP contribution in [0.1, 0.15) is 115 Å². The molecule has 0 radical (unpaired) electrons. The summed E-state index contributed by atoms with van der Waals surface area (Å²) in [4.78, 5) is 121. The number of esters is 3. The fraction of sp³-hybridized carbons (Fsp3) is 0.474. The number of aliphatic hydroxyl groups excluding tert-OH is 5. The van der Waals surface area contributed by atoms with Gasteiger partial charge in [0.1, 0.15) is 71.2 Å². The molecule has 13 rings (SSSR count). The van der Waals surface area contributed by atoms with Crippen LogP contribution in [-0.2, 0) is 54.0 Å². The van der Waals surface area contributed by atoms with Gasteiger partial charge in [-0.05, 0) is 100 Å². The number of aliphatic hydroxyl groups is 6. The van der Waals surface area contributed by atoms with E-state index in [9.17, 15) is 67.9 Å². The van der Waals surface area contributed by atoms with Crippen LogP contribution in [0.15, 0.2) is 138 Å². The molecule has 34 nitrogen and oxygen atoms in total. The third kappa shape index (κ3) is 19.8. The number of aromatic nitrogens is 10. The predicted molar refractivity (Wildman–Crippen MR) is 422 cm³/mol. The van der Waals surface area contributed by atoms with Crippen LogP contribution < -0.4 is 27.4 Å². The highest BCUT2D eigenvalue weighted by molar-refractivity contribution is 7.78. The highest BCUT2D eigenvalue weighted by atomic mass is 35.5. The topological polar surface area (TPSA) is 503 Å². The number of H-pyrrole nitrogens is 2. The first-order valence-electron chi connectivity index (χ1n) is 36.4. The minimum absolute atomic E-state index is 0.0637. The maximum absolute atomic E-state index is 14.9. The number of carboxylic acids is 1. The molecule has 14 N–H and O–H groups in total. The van der Waals surface area contributed by atoms with Crippen molar-refractivity contribution in [2.45, 2.75) is 171 Å². The predicted octanol–water partition coefficient (Wildman–Crippen LogP) is 6.47. The van der Waals surface area contributed by atoms with E-state index >= 15 is 0 Å². The molecule has 2 saturated carbocycles. The van der Waals surface area contributed by atoms with Gasteiger partial charge in [0.15, 0.2) is 39.5 Å². The van der Waals surface area contributed by atoms with Gasteiger partial charge >= 0.3 is 41.6 Å². The molecule has 5 aromatic heterocycles. The number of Topliss-reactive ketones (excluding diaryl/α,β-unsaturated/α-hetero) is 1. The number of nitrogens with two attached hydrogens (primary N) is 2. The third-order valence-electron chi connectivity index (χ3n) is 20.6. The number of nitrogen functional groups attached to an aromatic ring is 2. The lowest BCUT2D eigenvalue weighted by molar-refractivity contribution is -0.346. The summed E-state index contributed by atoms with van der Waals surface area (Å²) >= 11 is 20.5. The van der Waals surface area contributed by atoms with Gasteiger partial charge in [-0.1, -0.05) is 99.5 Å². The maximum atomic E-state index is 14.9. The first-order valence-corrected chi connectivity index (χ1v) is 38.3. The summed E-state index contributed by atoms with van der Waals surface area (Å²) < 4.78 is 64.2. The van der Waals surface area contributed by atoms with E-state index in [4.69, 9.17) is 85.5 Å². The Morgan fingerprint density at radius 1 is 0.922 bits per heavy atom. The molecule has 4 fully saturated rings. The van der Waals surface area contributed by atoms with Crippen molar-refractivity contribution in [1.29, 1.82) is 0 Å². The molecule has 2 bridgehead atoms. The van der Waals surface area contributed by atoms with Crippen molar-refractivity contribution in [1.82, 2.24) is 53.7 Å². The molecule has 1 amide bonds. The number of amides is 1. The fourth-order valence-corrected chi connectivity index (χ4v) is 15.7. The number of rotatable bonds is 19. The van der Waals surface area contributed by atoms with E-state index in [1.807, 2.05) is 24.3 Å². The van der Waals surface area contributed by atoms with Crippen molar-refractivity contribution in [3.05, 3.63) is 165 Å². The van der Waals surface area contributed by atoms with Crippen molar-refractivity contribution in [3.63, 3.8) is 0 Å². The van der Waals surface area contributed by atoms with Gasteiger partial charge in [-0.2, -0.15) is 13.8 Å². The number of alkyl carbamates (subject to hydrolysis) is 1. The van der Waals surface area contributed by atoms with Crippen LogP contribution in [0.3, 0.4) is 0 Å². The summed E-state index contributed by atoms with van der Waals surface area (Å²) in [6.07, 6.45) is -8.26. The van der Waals surface area contributed by atoms with Crippen molar-refractivity contribution in [3.8, 4) is 0 Å². The van der Waals surface area contributed by atoms with E-state index in [-0.39, 0.29) is 47.9 Å². The molecule has 626 valence electrons. The normalized spacial score (nSPS) is 25.2. The van der Waals surface area contributed by atoms with Gasteiger partial charge in [0.05, 0.1) is 54.8 Å². The molecule has 7 heterocycles. The van der Waals surface area contributed by atoms with Gasteiger partial charge < -0.3 is 95.8 Å². The van der Waals surface area contributed by atoms with E-state index in [0.29, 0.717) is 44.1 Å². The molecular formula is C76H92Cl2F2N14O20S2. The Balaban J connectivity index is 0.000000210. The van der Waals surface area contributed by atoms with Crippen LogP contribution in [0.5, 0.6) is 0 Å². The highest BCUT2D eigenvalue weighted by Crippen LogP contribution is 2.64. The van der Waals surface area contributed by atoms with Crippen LogP contribution in [0.2, 0.25) is 0 Å². The molecule has 116 heavy (non-hydrogen) atoms. The van der Waals surface area contributed by atoms with E-state index in [1.54, 1.807) is 99.6 Å². The lowest BCUT2D eigenvalue weighted by atomic mass is 9.44. The van der Waals surface area contributed by atoms with Crippen molar-refractivity contribution >= 4 is 124 Å². The number of aliphatic carboxylic acids is 1. The fourth-order valence-electron chi connectivity index (χ4n) is 14.8. The number of hydrogen-bond donors (Lipinski definition) is 13. The molecule has 40 heteroatoms. The Bertz CT molecular complexity index is 4950. The average Bonchev–Trinajstić information content (AvgIpc) is 0.754. The number of alkyl halides is 4. The summed E-state index contributed by atoms with van der Waals surface area (Å²) in [6, 6.07) is 23.9. The van der Waals surface area contributed by atoms with Crippen LogP contribution in [0.4, 0.5) is 31.0 Å². The zero-order valence-corrected chi connectivity index (χ0v) is 67.4. The number of hydrogen-bond acceptors (Lipinski definition) is 30. The van der Waals surface area contributed by atoms with Crippen LogP contribution in [0, 0.1) is 21.4 Å². The van der Waals surface area contributed by atoms with E-state index in [2.05, 4.69) is 62.9 Å². The number of ether oxygens (including phenoxy) is 6. The lowest BCUT2D eigenvalue weighted by Gasteiger charge is -2.67. The van der Waals surface area contributed by atoms with Gasteiger partial charge in [-0.3, -0.25) is 22.9 Å². The molecule has 0 spiro atoms. The molecule has 14 atom stereocenters. The summed E-state index contributed by atoms with van der Waals surface area (Å²) in [5.41, 5.74) is 6.58. The number of aromatic amines is 2. The molecule has 3 aliphatic carbocycles. The Hall–Kier alpha value is -9.71. The Labute approximate surface area is 683 Å². The van der Waals surface area contributed by atoms with E-state index in [1.165, 1.54) is 38.6 Å². The highest BCUT2D eigenvalue weighted by Gasteiger charge is 2.78. The first-order chi connectivity index (χ1) is 54.7. The summed E-state index contributed by atoms with van der Waals surface area (Å²) in [7, 11) is 0. The third-order valence-corrected chi connectivity index (χ3v) is 21.5. The second-order valence-electron chi connectivity index (χ2n) is 29.6. The molecular weight excluding hydrogens is 1600 g/mol. The SMILES string of the molecule is CC(=O)O[C@@]12CO[C@@H]1C[C@H](O)[C@@]1(C)C(=O)[C@H](O)C3=C(C)[C@@H](OC(=O)[C@H](O)[C@@H](NC(=O)OC(C)(C)C)c4ccccc4)C[C@@](O)([C@@H](OC(=O)c4ccccc4)[C@H]21)C3(C)C.Nc1ccn([C@@H]2O[C@H](CO)[C@@H](O)C2(F)F)c(=O)n1.Nc1nc(=S)c2[nH]cnc2[nH]1.O=C(O)CCCc1ccc(N(CCCl)CCCl)cc1.Sn1cnc2cncnc21. The van der Waals surface area contributed by atoms with Gasteiger partial charge in [0.2, 0.25) is 12.2 Å². The maximum Gasteiger partial charge on any atom is 0.408 e. The van der Waals surface area contributed by atoms with Gasteiger partial charge in [0, 0.05) is 68.3 Å². The number of benzene rings is 3. The second kappa shape index (κ2) is 37.7. The van der Waals surface area contributed by atoms with Crippen molar-refractivity contribution < 1.29 is 102 Å². The number of nitrogens with zero attached hydrogens (tertiary/aromatic N) is 9. The number of anilines is 3. The number of fused-ring (bicyclic) bond motifs is 7. The molecule has 8 aromatic rings. The molecule has 5 aliphatic rings. The number of thiol groups is 1. The number of aryl methyl sites for hydroxylation is 1. The number of nitrogens with one attached hydrogen (secondary N) is 3. The van der Waals surface area contributed by atoms with Crippen molar-refractivity contribution in [2.24, 2.45) is 16.7 Å². The Morgan fingerprint density at radius 2 is 1.58 bits per heavy atom. The number of carbonyl (C=O) groups excluding carboxylic acids is 5. The minimum Gasteiger partial charge on any atom is -0.481 e. The van der Waals surface area contributed by atoms with Crippen LogP contribution in [-0.4, -0.2) is 230 Å². The average molecular weight is 1690 g/mol. The summed E-state index contributed by atoms with van der Waals surface area (Å²) in [5.74, 6) is -8.51. The largest absolute Gasteiger partial charge is 0.481 e. The first kappa shape index (κ1) is 90.2. The van der Waals surface area contributed by atoms with Crippen LogP contribution >= 0.6 is 48.2 Å². The van der Waals surface area contributed by atoms with Crippen molar-refractivity contribution in [2.75, 3.05) is 54.4 Å². The van der Waals surface area contributed by atoms with Gasteiger partial charge in [0.25, 0.3) is 0 Å².